The number of nitrogens with two attached hydrogens (primary N) is 1. The van der Waals surface area contributed by atoms with Gasteiger partial charge in [-0.3, -0.25) is 9.36 Å². The minimum atomic E-state index is -0.328. The number of carbonyl (C=O) groups is 1. The van der Waals surface area contributed by atoms with Crippen LogP contribution in [-0.4, -0.2) is 51.2 Å². The van der Waals surface area contributed by atoms with Gasteiger partial charge >= 0.3 is 0 Å². The number of thiophene rings is 1. The average Bonchev–Trinajstić information content (AvgIpc) is 3.43. The number of halogens is 1. The molecule has 4 rings (SSSR count). The second-order valence-corrected chi connectivity index (χ2v) is 9.05. The minimum absolute atomic E-state index is 0.259. The molecule has 3 aromatic rings. The van der Waals surface area contributed by atoms with Crippen LogP contribution >= 0.6 is 22.9 Å². The minimum Gasteiger partial charge on any atom is -0.381 e. The second-order valence-electron chi connectivity index (χ2n) is 7.30. The summed E-state index contributed by atoms with van der Waals surface area (Å²) in [5, 5.41) is 6.28. The van der Waals surface area contributed by atoms with E-state index >= 15 is 0 Å². The van der Waals surface area contributed by atoms with Gasteiger partial charge in [-0.25, -0.2) is 9.97 Å². The van der Waals surface area contributed by atoms with Crippen LogP contribution in [0, 0.1) is 6.92 Å². The molecular formula is C20H24ClN7O2S. The van der Waals surface area contributed by atoms with Crippen molar-refractivity contribution in [2.24, 2.45) is 5.73 Å². The lowest BCUT2D eigenvalue weighted by Gasteiger charge is -2.23. The van der Waals surface area contributed by atoms with Gasteiger partial charge in [0.25, 0.3) is 5.91 Å². The number of anilines is 1. The molecule has 1 aliphatic rings. The third kappa shape index (κ3) is 5.21. The predicted octanol–water partition coefficient (Wildman–Crippen LogP) is 2.71. The summed E-state index contributed by atoms with van der Waals surface area (Å²) < 4.78 is 7.77. The van der Waals surface area contributed by atoms with Crippen LogP contribution in [0.25, 0.3) is 5.82 Å². The number of amides is 1. The Labute approximate surface area is 189 Å². The average molecular weight is 462 g/mol. The summed E-state index contributed by atoms with van der Waals surface area (Å²) in [6.45, 7) is 3.64. The van der Waals surface area contributed by atoms with E-state index in [1.807, 2.05) is 13.0 Å². The van der Waals surface area contributed by atoms with Crippen molar-refractivity contribution in [1.82, 2.24) is 24.8 Å². The van der Waals surface area contributed by atoms with Crippen molar-refractivity contribution in [2.75, 3.05) is 25.1 Å². The lowest BCUT2D eigenvalue weighted by molar-refractivity contribution is 0.0903. The normalized spacial score (nSPS) is 15.6. The van der Waals surface area contributed by atoms with E-state index in [1.165, 1.54) is 11.3 Å². The summed E-state index contributed by atoms with van der Waals surface area (Å²) in [5.41, 5.74) is 6.99. The first-order chi connectivity index (χ1) is 15.0. The van der Waals surface area contributed by atoms with Crippen LogP contribution in [0.5, 0.6) is 0 Å². The molecule has 0 aromatic carbocycles. The molecule has 0 radical (unpaired) electrons. The predicted molar refractivity (Wildman–Crippen MR) is 120 cm³/mol. The zero-order valence-electron chi connectivity index (χ0n) is 17.0. The van der Waals surface area contributed by atoms with E-state index in [2.05, 4.69) is 25.6 Å². The van der Waals surface area contributed by atoms with Gasteiger partial charge in [-0.15, -0.1) is 11.3 Å². The summed E-state index contributed by atoms with van der Waals surface area (Å²) in [7, 11) is 0. The first-order valence-corrected chi connectivity index (χ1v) is 11.2. The Morgan fingerprint density at radius 1 is 1.39 bits per heavy atom. The number of hydrogen-bond donors (Lipinski definition) is 3. The lowest BCUT2D eigenvalue weighted by Crippen LogP contribution is -2.33. The Balaban J connectivity index is 1.48. The maximum absolute atomic E-state index is 12.7. The Kier molecular flexibility index (Phi) is 6.81. The molecule has 9 nitrogen and oxygen atoms in total. The number of nitrogens with zero attached hydrogens (tertiary/aromatic N) is 4. The van der Waals surface area contributed by atoms with Crippen LogP contribution in [0.15, 0.2) is 30.9 Å². The van der Waals surface area contributed by atoms with Gasteiger partial charge in [-0.05, 0) is 31.9 Å². The summed E-state index contributed by atoms with van der Waals surface area (Å²) in [6.07, 6.45) is 6.81. The summed E-state index contributed by atoms with van der Waals surface area (Å²) in [5.74, 6) is 0.896. The molecular weight excluding hydrogens is 438 g/mol. The molecule has 0 spiro atoms. The van der Waals surface area contributed by atoms with Crippen LogP contribution in [0.3, 0.4) is 0 Å². The molecule has 1 atom stereocenters. The largest absolute Gasteiger partial charge is 0.381 e. The Bertz CT molecular complexity index is 1050. The molecule has 1 aliphatic heterocycles. The highest BCUT2D eigenvalue weighted by Gasteiger charge is 2.19. The molecule has 0 saturated carbocycles. The monoisotopic (exact) mass is 461 g/mol. The van der Waals surface area contributed by atoms with Crippen molar-refractivity contribution in [1.29, 1.82) is 0 Å². The quantitative estimate of drug-likeness (QED) is 0.494. The highest BCUT2D eigenvalue weighted by Crippen LogP contribution is 2.26. The van der Waals surface area contributed by atoms with E-state index in [0.717, 1.165) is 36.5 Å². The van der Waals surface area contributed by atoms with Gasteiger partial charge in [0.15, 0.2) is 0 Å². The molecule has 3 aromatic heterocycles. The number of imidazole rings is 1. The molecule has 31 heavy (non-hydrogen) atoms. The van der Waals surface area contributed by atoms with Crippen LogP contribution < -0.4 is 16.4 Å². The number of rotatable bonds is 7. The number of ether oxygens (including phenoxy) is 1. The molecule has 4 heterocycles. The molecule has 0 bridgehead atoms. The molecule has 164 valence electrons. The van der Waals surface area contributed by atoms with Gasteiger partial charge in [-0.2, -0.15) is 4.98 Å². The fourth-order valence-corrected chi connectivity index (χ4v) is 4.46. The number of nitrogens with one attached hydrogen (secondary N) is 2. The lowest BCUT2D eigenvalue weighted by atomic mass is 10.1. The van der Waals surface area contributed by atoms with E-state index in [9.17, 15) is 4.79 Å². The van der Waals surface area contributed by atoms with Gasteiger partial charge in [0.05, 0.1) is 10.4 Å². The fourth-order valence-electron chi connectivity index (χ4n) is 3.34. The second kappa shape index (κ2) is 9.73. The Morgan fingerprint density at radius 3 is 2.90 bits per heavy atom. The highest BCUT2D eigenvalue weighted by atomic mass is 35.5. The van der Waals surface area contributed by atoms with E-state index in [4.69, 9.17) is 22.1 Å². The number of carbonyl (C=O) groups excluding carboxylic acids is 1. The van der Waals surface area contributed by atoms with Gasteiger partial charge in [0.2, 0.25) is 5.95 Å². The van der Waals surface area contributed by atoms with E-state index < -0.39 is 0 Å². The smallest absolute Gasteiger partial charge is 0.272 e. The third-order valence-electron chi connectivity index (χ3n) is 5.04. The van der Waals surface area contributed by atoms with Crippen molar-refractivity contribution in [3.05, 3.63) is 51.3 Å². The van der Waals surface area contributed by atoms with Gasteiger partial charge in [0.1, 0.15) is 17.8 Å². The van der Waals surface area contributed by atoms with Crippen molar-refractivity contribution in [2.45, 2.75) is 31.8 Å². The molecule has 4 N–H and O–H groups in total. The van der Waals surface area contributed by atoms with Gasteiger partial charge in [0, 0.05) is 48.6 Å². The van der Waals surface area contributed by atoms with Crippen molar-refractivity contribution < 1.29 is 9.53 Å². The van der Waals surface area contributed by atoms with Crippen LogP contribution in [-0.2, 0) is 4.74 Å². The maximum atomic E-state index is 12.7. The van der Waals surface area contributed by atoms with E-state index in [-0.39, 0.29) is 30.2 Å². The van der Waals surface area contributed by atoms with Crippen LogP contribution in [0.2, 0.25) is 4.34 Å². The first-order valence-electron chi connectivity index (χ1n) is 10.0. The highest BCUT2D eigenvalue weighted by molar-refractivity contribution is 7.16. The molecule has 11 heteroatoms. The van der Waals surface area contributed by atoms with Gasteiger partial charge < -0.3 is 21.1 Å². The van der Waals surface area contributed by atoms with Crippen LogP contribution in [0.1, 0.15) is 39.8 Å². The first kappa shape index (κ1) is 21.7. The zero-order chi connectivity index (χ0) is 21.8. The number of hydrogen-bond acceptors (Lipinski definition) is 8. The van der Waals surface area contributed by atoms with E-state index in [1.54, 1.807) is 29.4 Å². The SMILES string of the molecule is Cc1cnc(NC2CCOCC2)nc1-n1cnc(C(=O)NC(CN)c2ccc(Cl)s2)c1. The summed E-state index contributed by atoms with van der Waals surface area (Å²) in [4.78, 5) is 26.9. The Hall–Kier alpha value is -2.53. The topological polar surface area (TPSA) is 120 Å². The van der Waals surface area contributed by atoms with E-state index in [0.29, 0.717) is 16.1 Å². The summed E-state index contributed by atoms with van der Waals surface area (Å²) >= 11 is 7.39. The maximum Gasteiger partial charge on any atom is 0.272 e. The molecule has 1 saturated heterocycles. The third-order valence-corrected chi connectivity index (χ3v) is 6.38. The van der Waals surface area contributed by atoms with Crippen molar-refractivity contribution in [3.8, 4) is 5.82 Å². The summed E-state index contributed by atoms with van der Waals surface area (Å²) in [6, 6.07) is 3.61. The standard InChI is InChI=1S/C20H24ClN7O2S/c1-12-9-23-20(25-13-4-6-30-7-5-13)27-18(12)28-10-15(24-11-28)19(29)26-14(8-22)16-2-3-17(21)31-16/h2-3,9-11,13-14H,4-8,22H2,1H3,(H,26,29)(H,23,25,27). The van der Waals surface area contributed by atoms with Crippen LogP contribution in [0.4, 0.5) is 5.95 Å². The van der Waals surface area contributed by atoms with Crippen molar-refractivity contribution in [3.63, 3.8) is 0 Å². The zero-order valence-corrected chi connectivity index (χ0v) is 18.6. The molecule has 0 aliphatic carbocycles. The molecule has 1 amide bonds. The number of aromatic nitrogens is 4. The number of aryl methyl sites for hydroxylation is 1. The van der Waals surface area contributed by atoms with Gasteiger partial charge in [-0.1, -0.05) is 11.6 Å². The fraction of sp³-hybridized carbons (Fsp3) is 0.400. The Morgan fingerprint density at radius 2 is 2.19 bits per heavy atom. The van der Waals surface area contributed by atoms with Crippen molar-refractivity contribution >= 4 is 34.8 Å². The molecule has 1 unspecified atom stereocenters. The molecule has 1 fully saturated rings.